The van der Waals surface area contributed by atoms with Crippen LogP contribution in [0.25, 0.3) is 11.3 Å². The molecular formula is C13H13NS. The third kappa shape index (κ3) is 2.34. The molecule has 15 heavy (non-hydrogen) atoms. The number of hydrogen-bond acceptors (Lipinski definition) is 1. The van der Waals surface area contributed by atoms with Crippen molar-refractivity contribution in [1.82, 2.24) is 4.98 Å². The number of nitrogens with one attached hydrogen (secondary N) is 1. The van der Waals surface area contributed by atoms with Gasteiger partial charge in [0, 0.05) is 5.69 Å². The van der Waals surface area contributed by atoms with Crippen molar-refractivity contribution < 1.29 is 0 Å². The lowest BCUT2D eigenvalue weighted by Gasteiger charge is -2.02. The normalized spacial score (nSPS) is 10.2. The molecule has 0 aliphatic heterocycles. The predicted molar refractivity (Wildman–Crippen MR) is 66.4 cm³/mol. The molecule has 0 aliphatic carbocycles. The van der Waals surface area contributed by atoms with Gasteiger partial charge >= 0.3 is 0 Å². The number of pyridine rings is 1. The molecule has 0 bridgehead atoms. The SMILES string of the molecule is CCc1ccc(-c2cccc(=S)[nH]2)cc1. The molecule has 0 radical (unpaired) electrons. The summed E-state index contributed by atoms with van der Waals surface area (Å²) < 4.78 is 0.770. The van der Waals surface area contributed by atoms with Gasteiger partial charge in [-0.3, -0.25) is 0 Å². The highest BCUT2D eigenvalue weighted by Crippen LogP contribution is 2.17. The van der Waals surface area contributed by atoms with Crippen LogP contribution >= 0.6 is 12.2 Å². The number of hydrogen-bond donors (Lipinski definition) is 1. The Hall–Kier alpha value is -1.41. The van der Waals surface area contributed by atoms with Crippen molar-refractivity contribution in [3.05, 3.63) is 52.7 Å². The summed E-state index contributed by atoms with van der Waals surface area (Å²) in [6.07, 6.45) is 1.07. The summed E-state index contributed by atoms with van der Waals surface area (Å²) >= 11 is 5.09. The Morgan fingerprint density at radius 2 is 1.80 bits per heavy atom. The Labute approximate surface area is 94.8 Å². The predicted octanol–water partition coefficient (Wildman–Crippen LogP) is 3.97. The van der Waals surface area contributed by atoms with Crippen LogP contribution in [0.15, 0.2) is 42.5 Å². The second kappa shape index (κ2) is 4.41. The van der Waals surface area contributed by atoms with Crippen LogP contribution < -0.4 is 0 Å². The maximum Gasteiger partial charge on any atom is 0.103 e. The van der Waals surface area contributed by atoms with Crippen LogP contribution in [0.1, 0.15) is 12.5 Å². The lowest BCUT2D eigenvalue weighted by molar-refractivity contribution is 1.14. The van der Waals surface area contributed by atoms with Gasteiger partial charge in [-0.25, -0.2) is 0 Å². The van der Waals surface area contributed by atoms with Gasteiger partial charge in [-0.05, 0) is 29.7 Å². The highest BCUT2D eigenvalue weighted by molar-refractivity contribution is 7.71. The summed E-state index contributed by atoms with van der Waals surface area (Å²) in [5.41, 5.74) is 3.61. The molecule has 1 N–H and O–H groups in total. The number of rotatable bonds is 2. The first-order chi connectivity index (χ1) is 7.29. The Kier molecular flexibility index (Phi) is 2.97. The summed E-state index contributed by atoms with van der Waals surface area (Å²) in [6.45, 7) is 2.16. The molecule has 1 heterocycles. The maximum absolute atomic E-state index is 5.09. The summed E-state index contributed by atoms with van der Waals surface area (Å²) in [4.78, 5) is 3.18. The third-order valence-corrected chi connectivity index (χ3v) is 2.68. The first kappa shape index (κ1) is 10.1. The summed E-state index contributed by atoms with van der Waals surface area (Å²) in [5.74, 6) is 0. The topological polar surface area (TPSA) is 15.8 Å². The van der Waals surface area contributed by atoms with E-state index in [1.54, 1.807) is 0 Å². The first-order valence-corrected chi connectivity index (χ1v) is 5.49. The van der Waals surface area contributed by atoms with Crippen LogP contribution in [0.5, 0.6) is 0 Å². The fourth-order valence-corrected chi connectivity index (χ4v) is 1.72. The Balaban J connectivity index is 2.41. The monoisotopic (exact) mass is 215 g/mol. The van der Waals surface area contributed by atoms with Gasteiger partial charge in [0.25, 0.3) is 0 Å². The number of aryl methyl sites for hydroxylation is 1. The Bertz CT molecular complexity index is 496. The van der Waals surface area contributed by atoms with E-state index in [9.17, 15) is 0 Å². The van der Waals surface area contributed by atoms with E-state index in [1.165, 1.54) is 11.1 Å². The number of H-pyrrole nitrogens is 1. The number of aromatic nitrogens is 1. The molecule has 2 aromatic rings. The van der Waals surface area contributed by atoms with Gasteiger partial charge in [-0.15, -0.1) is 0 Å². The molecule has 76 valence electrons. The van der Waals surface area contributed by atoms with Crippen LogP contribution in [0.3, 0.4) is 0 Å². The Morgan fingerprint density at radius 3 is 2.40 bits per heavy atom. The quantitative estimate of drug-likeness (QED) is 0.749. The zero-order chi connectivity index (χ0) is 10.7. The molecule has 0 fully saturated rings. The molecule has 0 amide bonds. The summed E-state index contributed by atoms with van der Waals surface area (Å²) in [5, 5.41) is 0. The standard InChI is InChI=1S/C13H13NS/c1-2-10-6-8-11(9-7-10)12-4-3-5-13(15)14-12/h3-9H,2H2,1H3,(H,14,15). The van der Waals surface area contributed by atoms with Crippen molar-refractivity contribution in [2.45, 2.75) is 13.3 Å². The molecule has 0 atom stereocenters. The van der Waals surface area contributed by atoms with E-state index >= 15 is 0 Å². The second-order valence-electron chi connectivity index (χ2n) is 3.48. The molecule has 2 rings (SSSR count). The van der Waals surface area contributed by atoms with Gasteiger partial charge in [-0.2, -0.15) is 0 Å². The zero-order valence-electron chi connectivity index (χ0n) is 8.66. The van der Waals surface area contributed by atoms with Crippen LogP contribution in [0.4, 0.5) is 0 Å². The van der Waals surface area contributed by atoms with Crippen molar-refractivity contribution in [3.63, 3.8) is 0 Å². The van der Waals surface area contributed by atoms with Crippen LogP contribution in [-0.4, -0.2) is 4.98 Å². The minimum Gasteiger partial charge on any atom is -0.346 e. The second-order valence-corrected chi connectivity index (χ2v) is 3.92. The van der Waals surface area contributed by atoms with Gasteiger partial charge in [0.15, 0.2) is 0 Å². The maximum atomic E-state index is 5.09. The summed E-state index contributed by atoms with van der Waals surface area (Å²) in [6, 6.07) is 14.5. The largest absolute Gasteiger partial charge is 0.346 e. The van der Waals surface area contributed by atoms with Crippen molar-refractivity contribution >= 4 is 12.2 Å². The molecule has 0 saturated carbocycles. The highest BCUT2D eigenvalue weighted by Gasteiger charge is 1.96. The smallest absolute Gasteiger partial charge is 0.103 e. The molecule has 0 unspecified atom stereocenters. The molecule has 0 spiro atoms. The molecule has 2 heteroatoms. The molecular weight excluding hydrogens is 202 g/mol. The molecule has 1 aromatic heterocycles. The van der Waals surface area contributed by atoms with Gasteiger partial charge in [0.2, 0.25) is 0 Å². The fraction of sp³-hybridized carbons (Fsp3) is 0.154. The van der Waals surface area contributed by atoms with Crippen LogP contribution in [0.2, 0.25) is 0 Å². The minimum atomic E-state index is 0.770. The van der Waals surface area contributed by atoms with Crippen LogP contribution in [-0.2, 0) is 6.42 Å². The minimum absolute atomic E-state index is 0.770. The van der Waals surface area contributed by atoms with Gasteiger partial charge < -0.3 is 4.98 Å². The molecule has 1 aromatic carbocycles. The average molecular weight is 215 g/mol. The molecule has 1 nitrogen and oxygen atoms in total. The third-order valence-electron chi connectivity index (χ3n) is 2.44. The van der Waals surface area contributed by atoms with Crippen molar-refractivity contribution in [3.8, 4) is 11.3 Å². The summed E-state index contributed by atoms with van der Waals surface area (Å²) in [7, 11) is 0. The number of benzene rings is 1. The average Bonchev–Trinajstić information content (AvgIpc) is 2.29. The van der Waals surface area contributed by atoms with E-state index in [2.05, 4.69) is 36.2 Å². The van der Waals surface area contributed by atoms with E-state index in [4.69, 9.17) is 12.2 Å². The Morgan fingerprint density at radius 1 is 1.07 bits per heavy atom. The first-order valence-electron chi connectivity index (χ1n) is 5.08. The fourth-order valence-electron chi connectivity index (χ4n) is 1.54. The van der Waals surface area contributed by atoms with E-state index in [0.717, 1.165) is 16.8 Å². The zero-order valence-corrected chi connectivity index (χ0v) is 9.47. The molecule has 0 saturated heterocycles. The van der Waals surface area contributed by atoms with E-state index in [-0.39, 0.29) is 0 Å². The van der Waals surface area contributed by atoms with E-state index < -0.39 is 0 Å². The van der Waals surface area contributed by atoms with Crippen molar-refractivity contribution in [2.24, 2.45) is 0 Å². The molecule has 0 aliphatic rings. The van der Waals surface area contributed by atoms with E-state index in [0.29, 0.717) is 0 Å². The van der Waals surface area contributed by atoms with Gasteiger partial charge in [0.05, 0.1) is 0 Å². The van der Waals surface area contributed by atoms with Crippen molar-refractivity contribution in [2.75, 3.05) is 0 Å². The number of aromatic amines is 1. The lowest BCUT2D eigenvalue weighted by atomic mass is 10.1. The van der Waals surface area contributed by atoms with E-state index in [1.807, 2.05) is 18.2 Å². The van der Waals surface area contributed by atoms with Gasteiger partial charge in [-0.1, -0.05) is 49.5 Å². The van der Waals surface area contributed by atoms with Crippen LogP contribution in [0, 0.1) is 4.64 Å². The van der Waals surface area contributed by atoms with Gasteiger partial charge in [0.1, 0.15) is 4.64 Å². The highest BCUT2D eigenvalue weighted by atomic mass is 32.1. The van der Waals surface area contributed by atoms with Crippen molar-refractivity contribution in [1.29, 1.82) is 0 Å². The lowest BCUT2D eigenvalue weighted by Crippen LogP contribution is -1.84.